The van der Waals surface area contributed by atoms with Crippen molar-refractivity contribution in [3.8, 4) is 0 Å². The van der Waals surface area contributed by atoms with Gasteiger partial charge in [-0.15, -0.1) is 0 Å². The predicted octanol–water partition coefficient (Wildman–Crippen LogP) is 4.01. The van der Waals surface area contributed by atoms with Gasteiger partial charge < -0.3 is 0 Å². The maximum atomic E-state index is 12.5. The molecule has 0 bridgehead atoms. The zero-order chi connectivity index (χ0) is 10.4. The van der Waals surface area contributed by atoms with Crippen LogP contribution in [0.1, 0.15) is 13.8 Å². The second kappa shape index (κ2) is 5.89. The van der Waals surface area contributed by atoms with E-state index in [1.807, 2.05) is 30.3 Å². The second-order valence-electron chi connectivity index (χ2n) is 2.67. The molecule has 0 aliphatic carbocycles. The molecule has 0 aromatic heterocycles. The predicted molar refractivity (Wildman–Crippen MR) is 69.9 cm³/mol. The van der Waals surface area contributed by atoms with Gasteiger partial charge in [0.25, 0.3) is 0 Å². The lowest BCUT2D eigenvalue weighted by Crippen LogP contribution is -1.99. The van der Waals surface area contributed by atoms with Crippen LogP contribution in [0.4, 0.5) is 0 Å². The Morgan fingerprint density at radius 3 is 2.00 bits per heavy atom. The van der Waals surface area contributed by atoms with E-state index < -0.39 is 5.55 Å². The molecule has 1 rings (SSSR count). The first kappa shape index (κ1) is 12.2. The van der Waals surface area contributed by atoms with E-state index in [4.69, 9.17) is 0 Å². The minimum Gasteiger partial charge on any atom is -0.295 e. The van der Waals surface area contributed by atoms with Gasteiger partial charge in [-0.1, -0.05) is 54.8 Å². The van der Waals surface area contributed by atoms with Crippen molar-refractivity contribution in [2.75, 3.05) is 11.5 Å². The van der Waals surface area contributed by atoms with E-state index in [9.17, 15) is 4.57 Å². The highest BCUT2D eigenvalue weighted by Gasteiger charge is 2.23. The third-order valence-electron chi connectivity index (χ3n) is 1.67. The Morgan fingerprint density at radius 2 is 1.57 bits per heavy atom. The Hall–Kier alpha value is 0.150. The van der Waals surface area contributed by atoms with E-state index in [0.29, 0.717) is 0 Å². The molecule has 0 saturated heterocycles. The van der Waals surface area contributed by atoms with Crippen molar-refractivity contribution in [2.24, 2.45) is 0 Å². The molecule has 0 unspecified atom stereocenters. The Kier molecular flexibility index (Phi) is 5.14. The highest BCUT2D eigenvalue weighted by atomic mass is 33.1. The van der Waals surface area contributed by atoms with Gasteiger partial charge in [0.1, 0.15) is 0 Å². The molecule has 1 aromatic rings. The molecule has 0 atom stereocenters. The van der Waals surface area contributed by atoms with Crippen LogP contribution in [0.15, 0.2) is 30.3 Å². The van der Waals surface area contributed by atoms with Crippen molar-refractivity contribution in [1.29, 1.82) is 0 Å². The fourth-order valence-corrected chi connectivity index (χ4v) is 9.18. The number of rotatable bonds is 5. The first-order valence-electron chi connectivity index (χ1n) is 4.67. The molecule has 0 heterocycles. The van der Waals surface area contributed by atoms with Gasteiger partial charge in [0, 0.05) is 5.30 Å². The molecule has 1 nitrogen and oxygen atoms in total. The maximum absolute atomic E-state index is 12.5. The zero-order valence-electron chi connectivity index (χ0n) is 8.47. The fourth-order valence-electron chi connectivity index (χ4n) is 1.14. The van der Waals surface area contributed by atoms with Crippen molar-refractivity contribution in [1.82, 2.24) is 0 Å². The topological polar surface area (TPSA) is 17.1 Å². The van der Waals surface area contributed by atoms with E-state index in [0.717, 1.165) is 16.8 Å². The van der Waals surface area contributed by atoms with Crippen molar-refractivity contribution >= 4 is 33.6 Å². The minimum atomic E-state index is -2.24. The number of hydrogen-bond acceptors (Lipinski definition) is 3. The van der Waals surface area contributed by atoms with Crippen molar-refractivity contribution in [3.05, 3.63) is 30.3 Å². The van der Waals surface area contributed by atoms with Crippen LogP contribution in [0.3, 0.4) is 0 Å². The van der Waals surface area contributed by atoms with Gasteiger partial charge >= 0.3 is 0 Å². The van der Waals surface area contributed by atoms with Crippen LogP contribution in [0.5, 0.6) is 0 Å². The van der Waals surface area contributed by atoms with Crippen LogP contribution in [-0.4, -0.2) is 11.5 Å². The van der Waals surface area contributed by atoms with Crippen LogP contribution in [-0.2, 0) is 4.57 Å². The molecule has 0 N–H and O–H groups in total. The van der Waals surface area contributed by atoms with Crippen molar-refractivity contribution < 1.29 is 4.57 Å². The second-order valence-corrected chi connectivity index (χ2v) is 11.2. The summed E-state index contributed by atoms with van der Waals surface area (Å²) in [5.41, 5.74) is -2.24. The summed E-state index contributed by atoms with van der Waals surface area (Å²) in [6, 6.07) is 9.79. The largest absolute Gasteiger partial charge is 0.295 e. The van der Waals surface area contributed by atoms with E-state index in [2.05, 4.69) is 13.8 Å². The highest BCUT2D eigenvalue weighted by molar-refractivity contribution is 8.92. The first-order valence-corrected chi connectivity index (χ1v) is 9.56. The number of hydrogen-bond donors (Lipinski definition) is 0. The Bertz CT molecular complexity index is 303. The van der Waals surface area contributed by atoms with E-state index in [1.165, 1.54) is 0 Å². The van der Waals surface area contributed by atoms with Gasteiger partial charge in [-0.05, 0) is 23.6 Å². The van der Waals surface area contributed by atoms with Crippen LogP contribution < -0.4 is 5.30 Å². The summed E-state index contributed by atoms with van der Waals surface area (Å²) in [4.78, 5) is 0. The van der Waals surface area contributed by atoms with Crippen LogP contribution in [0.25, 0.3) is 0 Å². The van der Waals surface area contributed by atoms with Gasteiger partial charge in [0.2, 0.25) is 5.55 Å². The van der Waals surface area contributed by atoms with Crippen molar-refractivity contribution in [3.63, 3.8) is 0 Å². The summed E-state index contributed by atoms with van der Waals surface area (Å²) in [5.74, 6) is 1.80. The summed E-state index contributed by atoms with van der Waals surface area (Å²) < 4.78 is 12.5. The lowest BCUT2D eigenvalue weighted by molar-refractivity contribution is 0.598. The van der Waals surface area contributed by atoms with Crippen LogP contribution >= 0.6 is 28.3 Å². The summed E-state index contributed by atoms with van der Waals surface area (Å²) >= 11 is 3.15. The Balaban J connectivity index is 2.94. The van der Waals surface area contributed by atoms with Gasteiger partial charge in [0.05, 0.1) is 0 Å². The minimum absolute atomic E-state index is 0.902. The van der Waals surface area contributed by atoms with Gasteiger partial charge in [0.15, 0.2) is 0 Å². The molecule has 0 amide bonds. The van der Waals surface area contributed by atoms with Gasteiger partial charge in [-0.2, -0.15) is 0 Å². The van der Waals surface area contributed by atoms with E-state index >= 15 is 0 Å². The lowest BCUT2D eigenvalue weighted by atomic mass is 10.4. The molecule has 4 heteroatoms. The average Bonchev–Trinajstić information content (AvgIpc) is 2.20. The third kappa shape index (κ3) is 3.08. The molecule has 0 radical (unpaired) electrons. The van der Waals surface area contributed by atoms with Crippen molar-refractivity contribution in [2.45, 2.75) is 13.8 Å². The monoisotopic (exact) mass is 246 g/mol. The molecule has 0 aliphatic heterocycles. The average molecular weight is 246 g/mol. The first-order chi connectivity index (χ1) is 6.73. The molecular weight excluding hydrogens is 231 g/mol. The molecule has 0 fully saturated rings. The lowest BCUT2D eigenvalue weighted by Gasteiger charge is -2.15. The Labute approximate surface area is 93.9 Å². The quantitative estimate of drug-likeness (QED) is 0.731. The van der Waals surface area contributed by atoms with Gasteiger partial charge in [-0.3, -0.25) is 4.57 Å². The molecule has 14 heavy (non-hydrogen) atoms. The zero-order valence-corrected chi connectivity index (χ0v) is 11.0. The molecule has 0 spiro atoms. The molecule has 0 saturated carbocycles. The molecule has 1 aromatic carbocycles. The molecular formula is C10H15OPS2. The smallest absolute Gasteiger partial charge is 0.219 e. The van der Waals surface area contributed by atoms with E-state index in [1.54, 1.807) is 22.8 Å². The van der Waals surface area contributed by atoms with Gasteiger partial charge in [-0.25, -0.2) is 0 Å². The van der Waals surface area contributed by atoms with Crippen LogP contribution in [0, 0.1) is 0 Å². The summed E-state index contributed by atoms with van der Waals surface area (Å²) in [6.07, 6.45) is 0. The molecule has 78 valence electrons. The Morgan fingerprint density at radius 1 is 1.07 bits per heavy atom. The SMILES string of the molecule is CCSP(=O)(SCC)c1ccccc1. The fraction of sp³-hybridized carbons (Fsp3) is 0.400. The normalized spacial score (nSPS) is 11.6. The summed E-state index contributed by atoms with van der Waals surface area (Å²) in [6.45, 7) is 4.10. The maximum Gasteiger partial charge on any atom is 0.219 e. The number of benzene rings is 1. The standard InChI is InChI=1S/C10H15OPS2/c1-3-13-12(11,14-4-2)10-8-6-5-7-9-10/h5-9H,3-4H2,1-2H3. The third-order valence-corrected chi connectivity index (χ3v) is 10.5. The molecule has 0 aliphatic rings. The highest BCUT2D eigenvalue weighted by Crippen LogP contribution is 2.67. The summed E-state index contributed by atoms with van der Waals surface area (Å²) in [7, 11) is 0. The van der Waals surface area contributed by atoms with Crippen LogP contribution in [0.2, 0.25) is 0 Å². The van der Waals surface area contributed by atoms with E-state index in [-0.39, 0.29) is 0 Å². The summed E-state index contributed by atoms with van der Waals surface area (Å²) in [5, 5.41) is 0.985.